The van der Waals surface area contributed by atoms with Crippen LogP contribution in [0.2, 0.25) is 0 Å². The molecule has 0 aliphatic heterocycles. The lowest BCUT2D eigenvalue weighted by Crippen LogP contribution is -2.50. The van der Waals surface area contributed by atoms with Gasteiger partial charge in [-0.05, 0) is 50.8 Å². The molecule has 0 heterocycles. The van der Waals surface area contributed by atoms with Gasteiger partial charge in [-0.15, -0.1) is 0 Å². The summed E-state index contributed by atoms with van der Waals surface area (Å²) >= 11 is 0. The van der Waals surface area contributed by atoms with E-state index in [0.717, 1.165) is 23.8 Å². The molecule has 8 nitrogen and oxygen atoms in total. The van der Waals surface area contributed by atoms with Crippen LogP contribution < -0.4 is 14.4 Å². The Bertz CT molecular complexity index is 1130. The molecule has 0 saturated carbocycles. The largest absolute Gasteiger partial charge is 0.495 e. The Hall–Kier alpha value is -3.07. The van der Waals surface area contributed by atoms with Crippen molar-refractivity contribution in [1.82, 2.24) is 10.2 Å². The molecule has 0 aromatic heterocycles. The van der Waals surface area contributed by atoms with Crippen LogP contribution >= 0.6 is 0 Å². The van der Waals surface area contributed by atoms with Crippen molar-refractivity contribution in [3.63, 3.8) is 0 Å². The second kappa shape index (κ2) is 14.0. The fraction of sp³-hybridized carbons (Fsp3) is 0.500. The fourth-order valence-electron chi connectivity index (χ4n) is 4.07. The lowest BCUT2D eigenvalue weighted by atomic mass is 10.1. The lowest BCUT2D eigenvalue weighted by Gasteiger charge is -2.32. The summed E-state index contributed by atoms with van der Waals surface area (Å²) < 4.78 is 31.8. The van der Waals surface area contributed by atoms with Crippen molar-refractivity contribution in [2.24, 2.45) is 0 Å². The number of nitrogens with zero attached hydrogens (tertiary/aromatic N) is 2. The predicted octanol–water partition coefficient (Wildman–Crippen LogP) is 4.27. The van der Waals surface area contributed by atoms with Gasteiger partial charge in [-0.3, -0.25) is 13.9 Å². The summed E-state index contributed by atoms with van der Waals surface area (Å²) in [5, 5.41) is 3.00. The van der Waals surface area contributed by atoms with Crippen LogP contribution in [0.1, 0.15) is 57.6 Å². The number of hydrogen-bond acceptors (Lipinski definition) is 5. The average molecular weight is 532 g/mol. The van der Waals surface area contributed by atoms with Gasteiger partial charge >= 0.3 is 0 Å². The van der Waals surface area contributed by atoms with Crippen molar-refractivity contribution in [2.75, 3.05) is 24.2 Å². The summed E-state index contributed by atoms with van der Waals surface area (Å²) in [7, 11) is -2.12. The Labute approximate surface area is 222 Å². The van der Waals surface area contributed by atoms with Crippen LogP contribution in [0, 0.1) is 6.92 Å². The smallest absolute Gasteiger partial charge is 0.243 e. The van der Waals surface area contributed by atoms with Gasteiger partial charge in [-0.2, -0.15) is 0 Å². The van der Waals surface area contributed by atoms with E-state index in [4.69, 9.17) is 4.74 Å². The maximum absolute atomic E-state index is 13.5. The van der Waals surface area contributed by atoms with Crippen LogP contribution in [-0.2, 0) is 26.2 Å². The van der Waals surface area contributed by atoms with E-state index in [2.05, 4.69) is 5.32 Å². The van der Waals surface area contributed by atoms with E-state index < -0.39 is 16.1 Å². The van der Waals surface area contributed by atoms with Gasteiger partial charge in [-0.25, -0.2) is 8.42 Å². The molecule has 1 N–H and O–H groups in total. The molecule has 37 heavy (non-hydrogen) atoms. The summed E-state index contributed by atoms with van der Waals surface area (Å²) in [5.41, 5.74) is 2.47. The molecule has 2 aromatic carbocycles. The third-order valence-corrected chi connectivity index (χ3v) is 7.55. The van der Waals surface area contributed by atoms with E-state index >= 15 is 0 Å². The van der Waals surface area contributed by atoms with Crippen molar-refractivity contribution in [3.8, 4) is 5.75 Å². The third kappa shape index (κ3) is 8.77. The minimum Gasteiger partial charge on any atom is -0.495 e. The number of amides is 2. The SMILES string of the molecule is CCC(C)NC(=O)C(CC)N(Cc1ccc(C)cc1)C(=O)CCCN(c1ccccc1OC)S(C)(=O)=O. The number of anilines is 1. The van der Waals surface area contributed by atoms with Gasteiger partial charge in [0.2, 0.25) is 21.8 Å². The Kier molecular flexibility index (Phi) is 11.4. The molecular formula is C28H41N3O5S. The maximum Gasteiger partial charge on any atom is 0.243 e. The molecule has 2 rings (SSSR count). The quantitative estimate of drug-likeness (QED) is 0.393. The zero-order valence-electron chi connectivity index (χ0n) is 22.9. The first kappa shape index (κ1) is 30.2. The number of carbonyl (C=O) groups excluding carboxylic acids is 2. The molecule has 9 heteroatoms. The monoisotopic (exact) mass is 531 g/mol. The number of benzene rings is 2. The van der Waals surface area contributed by atoms with E-state index in [1.807, 2.05) is 52.0 Å². The summed E-state index contributed by atoms with van der Waals surface area (Å²) in [6, 6.07) is 14.2. The highest BCUT2D eigenvalue weighted by atomic mass is 32.2. The molecule has 0 aliphatic rings. The molecule has 0 spiro atoms. The fourth-order valence-corrected chi connectivity index (χ4v) is 5.04. The van der Waals surface area contributed by atoms with Crippen LogP contribution in [0.3, 0.4) is 0 Å². The molecule has 0 fully saturated rings. The topological polar surface area (TPSA) is 96.0 Å². The number of nitrogens with one attached hydrogen (secondary N) is 1. The molecule has 204 valence electrons. The number of sulfonamides is 1. The Morgan fingerprint density at radius 1 is 1.03 bits per heavy atom. The molecule has 2 aromatic rings. The molecule has 2 unspecified atom stereocenters. The molecule has 0 saturated heterocycles. The zero-order chi connectivity index (χ0) is 27.6. The number of para-hydroxylation sites is 2. The van der Waals surface area contributed by atoms with E-state index in [9.17, 15) is 18.0 Å². The Balaban J connectivity index is 2.24. The molecular weight excluding hydrogens is 490 g/mol. The van der Waals surface area contributed by atoms with Crippen LogP contribution in [-0.4, -0.2) is 57.1 Å². The van der Waals surface area contributed by atoms with Crippen LogP contribution in [0.25, 0.3) is 0 Å². The predicted molar refractivity (Wildman–Crippen MR) is 148 cm³/mol. The average Bonchev–Trinajstić information content (AvgIpc) is 2.86. The summed E-state index contributed by atoms with van der Waals surface area (Å²) in [4.78, 5) is 28.2. The summed E-state index contributed by atoms with van der Waals surface area (Å²) in [6.45, 7) is 8.23. The standard InChI is InChI=1S/C28H41N3O5S/c1-7-22(4)29-28(33)24(8-2)30(20-23-17-15-21(3)16-18-23)27(32)14-11-19-31(37(6,34)35)25-12-9-10-13-26(25)36-5/h9-10,12-13,15-18,22,24H,7-8,11,14,19-20H2,1-6H3,(H,29,33). The van der Waals surface area contributed by atoms with Gasteiger partial charge in [0, 0.05) is 25.6 Å². The van der Waals surface area contributed by atoms with Gasteiger partial charge in [0.1, 0.15) is 11.8 Å². The number of methoxy groups -OCH3 is 1. The highest BCUT2D eigenvalue weighted by molar-refractivity contribution is 7.92. The van der Waals surface area contributed by atoms with Crippen LogP contribution in [0.15, 0.2) is 48.5 Å². The number of carbonyl (C=O) groups is 2. The lowest BCUT2D eigenvalue weighted by molar-refractivity contribution is -0.141. The second-order valence-corrected chi connectivity index (χ2v) is 11.3. The van der Waals surface area contributed by atoms with Crippen molar-refractivity contribution in [2.45, 2.75) is 72.0 Å². The normalized spacial score (nSPS) is 12.9. The molecule has 0 aliphatic carbocycles. The van der Waals surface area contributed by atoms with Crippen LogP contribution in [0.4, 0.5) is 5.69 Å². The van der Waals surface area contributed by atoms with E-state index in [1.165, 1.54) is 11.4 Å². The van der Waals surface area contributed by atoms with Crippen molar-refractivity contribution < 1.29 is 22.7 Å². The maximum atomic E-state index is 13.5. The van der Waals surface area contributed by atoms with Crippen molar-refractivity contribution >= 4 is 27.5 Å². The highest BCUT2D eigenvalue weighted by Gasteiger charge is 2.29. The van der Waals surface area contributed by atoms with Gasteiger partial charge in [0.15, 0.2) is 0 Å². The van der Waals surface area contributed by atoms with Crippen molar-refractivity contribution in [1.29, 1.82) is 0 Å². The molecule has 2 amide bonds. The number of hydrogen-bond donors (Lipinski definition) is 1. The zero-order valence-corrected chi connectivity index (χ0v) is 23.7. The molecule has 0 bridgehead atoms. The summed E-state index contributed by atoms with van der Waals surface area (Å²) in [6.07, 6.45) is 2.78. The van der Waals surface area contributed by atoms with E-state index in [0.29, 0.717) is 24.4 Å². The van der Waals surface area contributed by atoms with Gasteiger partial charge < -0.3 is 15.0 Å². The number of ether oxygens (including phenoxy) is 1. The Morgan fingerprint density at radius 2 is 1.68 bits per heavy atom. The third-order valence-electron chi connectivity index (χ3n) is 6.37. The van der Waals surface area contributed by atoms with E-state index in [-0.39, 0.29) is 37.2 Å². The van der Waals surface area contributed by atoms with Gasteiger partial charge in [-0.1, -0.05) is 55.8 Å². The van der Waals surface area contributed by atoms with Crippen molar-refractivity contribution in [3.05, 3.63) is 59.7 Å². The van der Waals surface area contributed by atoms with Crippen LogP contribution in [0.5, 0.6) is 5.75 Å². The number of rotatable bonds is 14. The first-order valence-electron chi connectivity index (χ1n) is 12.8. The van der Waals surface area contributed by atoms with Gasteiger partial charge in [0.05, 0.1) is 19.1 Å². The minimum absolute atomic E-state index is 0.00190. The van der Waals surface area contributed by atoms with Gasteiger partial charge in [0.25, 0.3) is 0 Å². The highest BCUT2D eigenvalue weighted by Crippen LogP contribution is 2.29. The second-order valence-electron chi connectivity index (χ2n) is 9.36. The molecule has 0 radical (unpaired) electrons. The molecule has 2 atom stereocenters. The summed E-state index contributed by atoms with van der Waals surface area (Å²) in [5.74, 6) is 0.0670. The Morgan fingerprint density at radius 3 is 2.24 bits per heavy atom. The number of aryl methyl sites for hydroxylation is 1. The van der Waals surface area contributed by atoms with E-state index in [1.54, 1.807) is 29.2 Å². The first-order valence-corrected chi connectivity index (χ1v) is 14.6. The first-order chi connectivity index (χ1) is 17.5. The minimum atomic E-state index is -3.61.